The number of rotatable bonds is 3. The highest BCUT2D eigenvalue weighted by Crippen LogP contribution is 2.18. The summed E-state index contributed by atoms with van der Waals surface area (Å²) in [5, 5.41) is 2.74. The van der Waals surface area contributed by atoms with Crippen LogP contribution in [-0.2, 0) is 6.54 Å². The van der Waals surface area contributed by atoms with Crippen molar-refractivity contribution in [3.8, 4) is 0 Å². The molecule has 0 unspecified atom stereocenters. The molecule has 0 heterocycles. The Balaban J connectivity index is 2.18. The molecule has 0 bridgehead atoms. The molecule has 3 N–H and O–H groups in total. The van der Waals surface area contributed by atoms with Crippen LogP contribution < -0.4 is 11.1 Å². The van der Waals surface area contributed by atoms with E-state index in [0.29, 0.717) is 17.8 Å². The first kappa shape index (κ1) is 13.7. The highest BCUT2D eigenvalue weighted by Gasteiger charge is 2.09. The molecule has 98 valence electrons. The third-order valence-electron chi connectivity index (χ3n) is 2.60. The van der Waals surface area contributed by atoms with Gasteiger partial charge in [0.25, 0.3) is 5.91 Å². The molecule has 3 nitrogen and oxygen atoms in total. The smallest absolute Gasteiger partial charge is 0.255 e. The topological polar surface area (TPSA) is 55.1 Å². The number of carbonyl (C=O) groups is 1. The molecule has 0 aliphatic rings. The third kappa shape index (κ3) is 3.39. The molecule has 0 aliphatic carbocycles. The van der Waals surface area contributed by atoms with E-state index in [-0.39, 0.29) is 10.4 Å². The van der Waals surface area contributed by atoms with E-state index in [1.165, 1.54) is 18.2 Å². The minimum atomic E-state index is -0.401. The van der Waals surface area contributed by atoms with Gasteiger partial charge in [-0.25, -0.2) is 4.39 Å². The summed E-state index contributed by atoms with van der Waals surface area (Å²) in [5.74, 6) is -0.698. The number of amides is 1. The standard InChI is InChI=1S/C14H12BrFN2O/c15-12-7-10(4-5-13(12)16)14(19)18-11-3-1-2-9(6-11)8-17/h1-7H,8,17H2,(H,18,19). The summed E-state index contributed by atoms with van der Waals surface area (Å²) in [4.78, 5) is 12.0. The Bertz CT molecular complexity index is 616. The van der Waals surface area contributed by atoms with Gasteiger partial charge in [-0.2, -0.15) is 0 Å². The van der Waals surface area contributed by atoms with Crippen molar-refractivity contribution < 1.29 is 9.18 Å². The second-order valence-electron chi connectivity index (χ2n) is 3.99. The number of nitrogens with two attached hydrogens (primary N) is 1. The average molecular weight is 323 g/mol. The maximum absolute atomic E-state index is 13.1. The lowest BCUT2D eigenvalue weighted by atomic mass is 10.1. The molecule has 0 spiro atoms. The van der Waals surface area contributed by atoms with Crippen molar-refractivity contribution in [2.75, 3.05) is 5.32 Å². The van der Waals surface area contributed by atoms with Crippen LogP contribution in [0, 0.1) is 5.82 Å². The van der Waals surface area contributed by atoms with Crippen molar-refractivity contribution in [3.63, 3.8) is 0 Å². The first-order valence-electron chi connectivity index (χ1n) is 5.65. The van der Waals surface area contributed by atoms with Crippen LogP contribution in [0.15, 0.2) is 46.9 Å². The zero-order chi connectivity index (χ0) is 13.8. The van der Waals surface area contributed by atoms with Gasteiger partial charge in [-0.3, -0.25) is 4.79 Å². The van der Waals surface area contributed by atoms with E-state index in [1.807, 2.05) is 12.1 Å². The fraction of sp³-hybridized carbons (Fsp3) is 0.0714. The minimum absolute atomic E-state index is 0.260. The SMILES string of the molecule is NCc1cccc(NC(=O)c2ccc(F)c(Br)c2)c1. The molecule has 2 aromatic rings. The predicted octanol–water partition coefficient (Wildman–Crippen LogP) is 3.30. The summed E-state index contributed by atoms with van der Waals surface area (Å²) in [5.41, 5.74) is 7.51. The first-order valence-corrected chi connectivity index (χ1v) is 6.45. The number of halogens is 2. The predicted molar refractivity (Wildman–Crippen MR) is 76.4 cm³/mol. The number of hydrogen-bond acceptors (Lipinski definition) is 2. The van der Waals surface area contributed by atoms with Gasteiger partial charge in [0.1, 0.15) is 5.82 Å². The van der Waals surface area contributed by atoms with Crippen LogP contribution in [0.1, 0.15) is 15.9 Å². The molecule has 0 saturated carbocycles. The van der Waals surface area contributed by atoms with Gasteiger partial charge in [-0.1, -0.05) is 12.1 Å². The van der Waals surface area contributed by atoms with Crippen molar-refractivity contribution in [2.24, 2.45) is 5.73 Å². The number of carbonyl (C=O) groups excluding carboxylic acids is 1. The van der Waals surface area contributed by atoms with Crippen LogP contribution in [0.3, 0.4) is 0 Å². The van der Waals surface area contributed by atoms with E-state index in [2.05, 4.69) is 21.2 Å². The number of nitrogens with one attached hydrogen (secondary N) is 1. The fourth-order valence-corrected chi connectivity index (χ4v) is 2.00. The first-order chi connectivity index (χ1) is 9.10. The van der Waals surface area contributed by atoms with E-state index < -0.39 is 5.82 Å². The van der Waals surface area contributed by atoms with Crippen LogP contribution in [0.2, 0.25) is 0 Å². The van der Waals surface area contributed by atoms with Crippen LogP contribution in [0.4, 0.5) is 10.1 Å². The molecule has 0 atom stereocenters. The zero-order valence-electron chi connectivity index (χ0n) is 9.99. The van der Waals surface area contributed by atoms with Gasteiger partial charge in [0.05, 0.1) is 4.47 Å². The summed E-state index contributed by atoms with van der Waals surface area (Å²) < 4.78 is 13.4. The number of hydrogen-bond donors (Lipinski definition) is 2. The van der Waals surface area contributed by atoms with Gasteiger partial charge >= 0.3 is 0 Å². The maximum atomic E-state index is 13.1. The monoisotopic (exact) mass is 322 g/mol. The van der Waals surface area contributed by atoms with Gasteiger partial charge in [0, 0.05) is 17.8 Å². The van der Waals surface area contributed by atoms with Gasteiger partial charge in [-0.05, 0) is 51.8 Å². The molecule has 0 saturated heterocycles. The molecule has 19 heavy (non-hydrogen) atoms. The van der Waals surface area contributed by atoms with Crippen LogP contribution >= 0.6 is 15.9 Å². The Labute approximate surface area is 118 Å². The largest absolute Gasteiger partial charge is 0.326 e. The Hall–Kier alpha value is -1.72. The molecular weight excluding hydrogens is 311 g/mol. The average Bonchev–Trinajstić information content (AvgIpc) is 2.42. The molecule has 2 rings (SSSR count). The molecule has 1 amide bonds. The summed E-state index contributed by atoms with van der Waals surface area (Å²) in [7, 11) is 0. The van der Waals surface area contributed by atoms with Crippen molar-refractivity contribution in [1.29, 1.82) is 0 Å². The lowest BCUT2D eigenvalue weighted by molar-refractivity contribution is 0.102. The molecule has 5 heteroatoms. The van der Waals surface area contributed by atoms with Crippen LogP contribution in [-0.4, -0.2) is 5.91 Å². The lowest BCUT2D eigenvalue weighted by Gasteiger charge is -2.07. The zero-order valence-corrected chi connectivity index (χ0v) is 11.6. The van der Waals surface area contributed by atoms with Crippen molar-refractivity contribution >= 4 is 27.5 Å². The highest BCUT2D eigenvalue weighted by molar-refractivity contribution is 9.10. The molecule has 0 aromatic heterocycles. The number of anilines is 1. The van der Waals surface area contributed by atoms with E-state index >= 15 is 0 Å². The molecule has 0 aliphatic heterocycles. The van der Waals surface area contributed by atoms with E-state index in [9.17, 15) is 9.18 Å². The Kier molecular flexibility index (Phi) is 4.29. The summed E-state index contributed by atoms with van der Waals surface area (Å²) >= 11 is 3.05. The Morgan fingerprint density at radius 3 is 2.74 bits per heavy atom. The van der Waals surface area contributed by atoms with Gasteiger partial charge in [-0.15, -0.1) is 0 Å². The van der Waals surface area contributed by atoms with E-state index in [0.717, 1.165) is 5.56 Å². The van der Waals surface area contributed by atoms with Gasteiger partial charge in [0.2, 0.25) is 0 Å². The second kappa shape index (κ2) is 5.95. The summed E-state index contributed by atoms with van der Waals surface area (Å²) in [6.07, 6.45) is 0. The van der Waals surface area contributed by atoms with E-state index in [1.54, 1.807) is 12.1 Å². The van der Waals surface area contributed by atoms with Crippen LogP contribution in [0.5, 0.6) is 0 Å². The quantitative estimate of drug-likeness (QED) is 0.911. The maximum Gasteiger partial charge on any atom is 0.255 e. The summed E-state index contributed by atoms with van der Waals surface area (Å²) in [6.45, 7) is 0.409. The highest BCUT2D eigenvalue weighted by atomic mass is 79.9. The second-order valence-corrected chi connectivity index (χ2v) is 4.84. The summed E-state index contributed by atoms with van der Waals surface area (Å²) in [6, 6.07) is 11.4. The third-order valence-corrected chi connectivity index (χ3v) is 3.21. The molecule has 2 aromatic carbocycles. The molecule has 0 radical (unpaired) electrons. The minimum Gasteiger partial charge on any atom is -0.326 e. The molecule has 0 fully saturated rings. The van der Waals surface area contributed by atoms with Gasteiger partial charge < -0.3 is 11.1 Å². The fourth-order valence-electron chi connectivity index (χ4n) is 1.62. The Morgan fingerprint density at radius 2 is 2.05 bits per heavy atom. The van der Waals surface area contributed by atoms with Gasteiger partial charge in [0.15, 0.2) is 0 Å². The van der Waals surface area contributed by atoms with Crippen LogP contribution in [0.25, 0.3) is 0 Å². The van der Waals surface area contributed by atoms with Crippen molar-refractivity contribution in [2.45, 2.75) is 6.54 Å². The van der Waals surface area contributed by atoms with E-state index in [4.69, 9.17) is 5.73 Å². The Morgan fingerprint density at radius 1 is 1.26 bits per heavy atom. The molecular formula is C14H12BrFN2O. The van der Waals surface area contributed by atoms with Crippen molar-refractivity contribution in [3.05, 3.63) is 63.9 Å². The normalized spacial score (nSPS) is 10.3. The van der Waals surface area contributed by atoms with Crippen molar-refractivity contribution in [1.82, 2.24) is 0 Å². The number of benzene rings is 2. The lowest BCUT2D eigenvalue weighted by Crippen LogP contribution is -2.12.